The molecule has 2 aromatic carbocycles. The van der Waals surface area contributed by atoms with Crippen LogP contribution < -0.4 is 20.1 Å². The summed E-state index contributed by atoms with van der Waals surface area (Å²) in [5.74, 6) is 2.02. The second-order valence-electron chi connectivity index (χ2n) is 8.38. The van der Waals surface area contributed by atoms with Crippen molar-refractivity contribution in [3.63, 3.8) is 0 Å². The van der Waals surface area contributed by atoms with Crippen molar-refractivity contribution in [1.82, 2.24) is 19.7 Å². The largest absolute Gasteiger partial charge is 0.486 e. The Morgan fingerprint density at radius 1 is 1.11 bits per heavy atom. The van der Waals surface area contributed by atoms with E-state index in [1.165, 1.54) is 0 Å². The van der Waals surface area contributed by atoms with Crippen molar-refractivity contribution in [3.05, 3.63) is 88.8 Å². The first-order valence-corrected chi connectivity index (χ1v) is 11.8. The third kappa shape index (κ3) is 4.03. The fourth-order valence-corrected chi connectivity index (χ4v) is 4.56. The number of aromatic nitrogens is 4. The van der Waals surface area contributed by atoms with Crippen LogP contribution in [0.5, 0.6) is 11.5 Å². The number of hydrogen-bond acceptors (Lipinski definition) is 7. The fraction of sp³-hybridized carbons (Fsp3) is 0.154. The normalized spacial score (nSPS) is 16.2. The van der Waals surface area contributed by atoms with E-state index in [1.807, 2.05) is 37.3 Å². The summed E-state index contributed by atoms with van der Waals surface area (Å²) in [5.41, 5.74) is 3.31. The van der Waals surface area contributed by atoms with Gasteiger partial charge in [-0.3, -0.25) is 9.78 Å². The molecule has 0 fully saturated rings. The van der Waals surface area contributed by atoms with Crippen molar-refractivity contribution in [2.45, 2.75) is 13.0 Å². The second kappa shape index (κ2) is 9.01. The lowest BCUT2D eigenvalue weighted by Gasteiger charge is -2.29. The van der Waals surface area contributed by atoms with Gasteiger partial charge in [-0.1, -0.05) is 23.7 Å². The van der Waals surface area contributed by atoms with Crippen LogP contribution >= 0.6 is 11.6 Å². The number of rotatable bonds is 4. The number of allylic oxidation sites excluding steroid dienone is 1. The van der Waals surface area contributed by atoms with Gasteiger partial charge in [0, 0.05) is 34.4 Å². The van der Waals surface area contributed by atoms with Crippen LogP contribution in [-0.2, 0) is 4.79 Å². The van der Waals surface area contributed by atoms with Gasteiger partial charge in [-0.05, 0) is 55.0 Å². The van der Waals surface area contributed by atoms with Crippen LogP contribution in [0, 0.1) is 0 Å². The Hall–Kier alpha value is -4.37. The molecule has 1 amide bonds. The van der Waals surface area contributed by atoms with E-state index in [2.05, 4.69) is 20.6 Å². The van der Waals surface area contributed by atoms with Crippen molar-refractivity contribution in [3.8, 4) is 22.9 Å². The summed E-state index contributed by atoms with van der Waals surface area (Å²) in [6.45, 7) is 2.80. The molecule has 2 N–H and O–H groups in total. The topological polar surface area (TPSA) is 103 Å². The zero-order valence-electron chi connectivity index (χ0n) is 19.2. The molecule has 1 unspecified atom stereocenters. The van der Waals surface area contributed by atoms with Crippen molar-refractivity contribution in [1.29, 1.82) is 0 Å². The number of amides is 1. The Bertz CT molecular complexity index is 1500. The number of carbonyl (C=O) groups is 1. The molecule has 0 aliphatic carbocycles. The van der Waals surface area contributed by atoms with Crippen LogP contribution in [0.1, 0.15) is 18.5 Å². The van der Waals surface area contributed by atoms with Gasteiger partial charge in [0.1, 0.15) is 19.3 Å². The van der Waals surface area contributed by atoms with Gasteiger partial charge < -0.3 is 20.1 Å². The maximum Gasteiger partial charge on any atom is 0.255 e. The summed E-state index contributed by atoms with van der Waals surface area (Å²) in [6.07, 6.45) is 3.40. The SMILES string of the molecule is CC1=C(C(=O)Nc2cccc(Cl)c2)C(c2ccc3c(c2)OCCO3)n2nc(-c3cccnc3)nc2N1. The quantitative estimate of drug-likeness (QED) is 0.419. The van der Waals surface area contributed by atoms with Crippen LogP contribution in [0.3, 0.4) is 0 Å². The third-order valence-corrected chi connectivity index (χ3v) is 6.22. The molecule has 2 aliphatic rings. The number of pyridine rings is 1. The standard InChI is InChI=1S/C26H21ClN6O3/c1-15-22(25(34)30-19-6-2-5-18(27)13-19)23(16-7-8-20-21(12-16)36-11-10-35-20)33-26(29-15)31-24(32-33)17-4-3-9-28-14-17/h2-9,12-14,23H,10-11H2,1H3,(H,30,34)(H,29,31,32). The van der Waals surface area contributed by atoms with Crippen LogP contribution in [0.15, 0.2) is 78.3 Å². The van der Waals surface area contributed by atoms with Crippen LogP contribution in [0.4, 0.5) is 11.6 Å². The number of anilines is 2. The van der Waals surface area contributed by atoms with E-state index in [9.17, 15) is 4.79 Å². The van der Waals surface area contributed by atoms with Crippen LogP contribution in [0.25, 0.3) is 11.4 Å². The zero-order valence-corrected chi connectivity index (χ0v) is 20.0. The van der Waals surface area contributed by atoms with Gasteiger partial charge in [-0.2, -0.15) is 4.98 Å². The Labute approximate surface area is 211 Å². The molecule has 4 heterocycles. The van der Waals surface area contributed by atoms with E-state index < -0.39 is 6.04 Å². The summed E-state index contributed by atoms with van der Waals surface area (Å²) in [5, 5.41) is 11.5. The number of ether oxygens (including phenoxy) is 2. The molecule has 2 aliphatic heterocycles. The van der Waals surface area contributed by atoms with E-state index in [0.29, 0.717) is 58.5 Å². The number of hydrogen-bond donors (Lipinski definition) is 2. The lowest BCUT2D eigenvalue weighted by molar-refractivity contribution is -0.113. The first-order valence-electron chi connectivity index (χ1n) is 11.4. The minimum atomic E-state index is -0.575. The van der Waals surface area contributed by atoms with E-state index in [0.717, 1.165) is 11.1 Å². The molecule has 0 bridgehead atoms. The number of halogens is 1. The highest BCUT2D eigenvalue weighted by molar-refractivity contribution is 6.31. The summed E-state index contributed by atoms with van der Waals surface area (Å²) >= 11 is 6.13. The van der Waals surface area contributed by atoms with E-state index in [-0.39, 0.29) is 5.91 Å². The van der Waals surface area contributed by atoms with Crippen LogP contribution in [0.2, 0.25) is 5.02 Å². The Kier molecular flexibility index (Phi) is 5.54. The van der Waals surface area contributed by atoms with Gasteiger partial charge in [-0.25, -0.2) is 4.68 Å². The average Bonchev–Trinajstić information content (AvgIpc) is 3.31. The monoisotopic (exact) mass is 500 g/mol. The highest BCUT2D eigenvalue weighted by atomic mass is 35.5. The summed E-state index contributed by atoms with van der Waals surface area (Å²) < 4.78 is 13.2. The minimum Gasteiger partial charge on any atom is -0.486 e. The Morgan fingerprint density at radius 2 is 1.97 bits per heavy atom. The van der Waals surface area contributed by atoms with Gasteiger partial charge in [0.15, 0.2) is 17.3 Å². The molecular formula is C26H21ClN6O3. The molecular weight excluding hydrogens is 480 g/mol. The molecule has 0 saturated carbocycles. The van der Waals surface area contributed by atoms with Gasteiger partial charge >= 0.3 is 0 Å². The lowest BCUT2D eigenvalue weighted by atomic mass is 9.94. The summed E-state index contributed by atoms with van der Waals surface area (Å²) in [7, 11) is 0. The number of fused-ring (bicyclic) bond motifs is 2. The van der Waals surface area contributed by atoms with Gasteiger partial charge in [0.05, 0.1) is 5.57 Å². The highest BCUT2D eigenvalue weighted by Gasteiger charge is 2.35. The smallest absolute Gasteiger partial charge is 0.255 e. The molecule has 180 valence electrons. The molecule has 10 heteroatoms. The Morgan fingerprint density at radius 3 is 2.78 bits per heavy atom. The van der Waals surface area contributed by atoms with Gasteiger partial charge in [-0.15, -0.1) is 5.10 Å². The number of benzene rings is 2. The zero-order chi connectivity index (χ0) is 24.6. The molecule has 2 aromatic heterocycles. The highest BCUT2D eigenvalue weighted by Crippen LogP contribution is 2.40. The Balaban J connectivity index is 1.46. The molecule has 0 radical (unpaired) electrons. The molecule has 0 spiro atoms. The predicted molar refractivity (Wildman–Crippen MR) is 135 cm³/mol. The lowest BCUT2D eigenvalue weighted by Crippen LogP contribution is -2.31. The molecule has 36 heavy (non-hydrogen) atoms. The maximum atomic E-state index is 13.7. The first-order chi connectivity index (χ1) is 17.6. The molecule has 0 saturated heterocycles. The molecule has 9 nitrogen and oxygen atoms in total. The molecule has 4 aromatic rings. The van der Waals surface area contributed by atoms with E-state index >= 15 is 0 Å². The molecule has 6 rings (SSSR count). The fourth-order valence-electron chi connectivity index (χ4n) is 4.37. The summed E-state index contributed by atoms with van der Waals surface area (Å²) in [6, 6.07) is 15.8. The summed E-state index contributed by atoms with van der Waals surface area (Å²) in [4.78, 5) is 22.5. The predicted octanol–water partition coefficient (Wildman–Crippen LogP) is 4.69. The van der Waals surface area contributed by atoms with Crippen molar-refractivity contribution in [2.24, 2.45) is 0 Å². The second-order valence-corrected chi connectivity index (χ2v) is 8.82. The number of nitrogens with zero attached hydrogens (tertiary/aromatic N) is 4. The van der Waals surface area contributed by atoms with Gasteiger partial charge in [0.2, 0.25) is 5.95 Å². The number of nitrogens with one attached hydrogen (secondary N) is 2. The van der Waals surface area contributed by atoms with E-state index in [1.54, 1.807) is 41.3 Å². The maximum absolute atomic E-state index is 13.7. The number of carbonyl (C=O) groups excluding carboxylic acids is 1. The van der Waals surface area contributed by atoms with E-state index in [4.69, 9.17) is 26.2 Å². The third-order valence-electron chi connectivity index (χ3n) is 5.98. The first kappa shape index (κ1) is 22.1. The minimum absolute atomic E-state index is 0.286. The van der Waals surface area contributed by atoms with Crippen molar-refractivity contribution >= 4 is 29.1 Å². The van der Waals surface area contributed by atoms with Crippen molar-refractivity contribution in [2.75, 3.05) is 23.8 Å². The van der Waals surface area contributed by atoms with Crippen molar-refractivity contribution < 1.29 is 14.3 Å². The molecule has 1 atom stereocenters. The van der Waals surface area contributed by atoms with Gasteiger partial charge in [0.25, 0.3) is 5.91 Å². The average molecular weight is 501 g/mol. The van der Waals surface area contributed by atoms with Crippen LogP contribution in [-0.4, -0.2) is 38.9 Å².